The number of nitrogens with zero attached hydrogens (tertiary/aromatic N) is 2. The molecule has 0 bridgehead atoms. The molecule has 1 aromatic heterocycles. The Hall–Kier alpha value is -1.50. The van der Waals surface area contributed by atoms with Crippen molar-refractivity contribution in [1.29, 1.82) is 0 Å². The van der Waals surface area contributed by atoms with E-state index >= 15 is 0 Å². The van der Waals surface area contributed by atoms with Gasteiger partial charge in [-0.1, -0.05) is 18.2 Å². The summed E-state index contributed by atoms with van der Waals surface area (Å²) in [6.45, 7) is 2.86. The van der Waals surface area contributed by atoms with Crippen LogP contribution in [0, 0.1) is 0 Å². The molecule has 2 heterocycles. The van der Waals surface area contributed by atoms with E-state index in [1.807, 2.05) is 16.4 Å². The van der Waals surface area contributed by atoms with Crippen LogP contribution in [0.1, 0.15) is 24.2 Å². The van der Waals surface area contributed by atoms with E-state index in [-0.39, 0.29) is 6.04 Å². The molecule has 2 aromatic rings. The lowest BCUT2D eigenvalue weighted by Crippen LogP contribution is -2.36. The lowest BCUT2D eigenvalue weighted by Gasteiger charge is -2.23. The molecule has 0 aliphatic carbocycles. The van der Waals surface area contributed by atoms with Crippen LogP contribution >= 0.6 is 11.8 Å². The fraction of sp³-hybridized carbons (Fsp3) is 0.400. The zero-order chi connectivity index (χ0) is 14.8. The molecule has 0 amide bonds. The van der Waals surface area contributed by atoms with Crippen molar-refractivity contribution in [1.82, 2.24) is 15.2 Å². The van der Waals surface area contributed by atoms with Crippen LogP contribution in [0.5, 0.6) is 5.75 Å². The van der Waals surface area contributed by atoms with Gasteiger partial charge in [0.1, 0.15) is 0 Å². The molecule has 112 valence electrons. The second-order valence-corrected chi connectivity index (χ2v) is 6.31. The number of aryl methyl sites for hydroxylation is 1. The van der Waals surface area contributed by atoms with Crippen molar-refractivity contribution in [2.24, 2.45) is 5.84 Å². The fourth-order valence-electron chi connectivity index (χ4n) is 2.86. The van der Waals surface area contributed by atoms with Crippen LogP contribution < -0.4 is 16.0 Å². The number of ether oxygens (including phenoxy) is 1. The summed E-state index contributed by atoms with van der Waals surface area (Å²) in [5, 5.41) is 4.72. The molecular formula is C15H20N4OS. The summed E-state index contributed by atoms with van der Waals surface area (Å²) in [5.41, 5.74) is 5.37. The number of benzene rings is 1. The molecule has 0 saturated carbocycles. The number of aromatic nitrogens is 2. The van der Waals surface area contributed by atoms with Crippen LogP contribution in [-0.4, -0.2) is 22.1 Å². The SMILES string of the molecule is CCn1ncc(OC)c1C(NN)C1Cc2ccccc2S1. The molecule has 1 aromatic carbocycles. The number of nitrogens with one attached hydrogen (secondary N) is 1. The van der Waals surface area contributed by atoms with E-state index in [4.69, 9.17) is 10.6 Å². The number of nitrogens with two attached hydrogens (primary N) is 1. The summed E-state index contributed by atoms with van der Waals surface area (Å²) in [7, 11) is 1.67. The molecule has 0 saturated heterocycles. The second kappa shape index (κ2) is 6.09. The highest BCUT2D eigenvalue weighted by Crippen LogP contribution is 2.43. The Labute approximate surface area is 128 Å². The van der Waals surface area contributed by atoms with Gasteiger partial charge in [-0.05, 0) is 25.0 Å². The van der Waals surface area contributed by atoms with E-state index in [0.717, 1.165) is 24.4 Å². The second-order valence-electron chi connectivity index (χ2n) is 5.03. The monoisotopic (exact) mass is 304 g/mol. The first-order valence-electron chi connectivity index (χ1n) is 7.08. The van der Waals surface area contributed by atoms with E-state index in [1.54, 1.807) is 13.3 Å². The maximum absolute atomic E-state index is 5.87. The molecule has 3 N–H and O–H groups in total. The summed E-state index contributed by atoms with van der Waals surface area (Å²) in [4.78, 5) is 1.34. The standard InChI is InChI=1S/C15H20N4OS/c1-3-19-15(11(20-2)9-17-19)14(18-16)13-8-10-6-4-5-7-12(10)21-13/h4-7,9,13-14,18H,3,8,16H2,1-2H3. The van der Waals surface area contributed by atoms with Crippen molar-refractivity contribution >= 4 is 11.8 Å². The smallest absolute Gasteiger partial charge is 0.161 e. The van der Waals surface area contributed by atoms with Crippen molar-refractivity contribution in [2.45, 2.75) is 36.1 Å². The molecule has 0 spiro atoms. The molecule has 6 heteroatoms. The van der Waals surface area contributed by atoms with E-state index in [9.17, 15) is 0 Å². The van der Waals surface area contributed by atoms with Crippen molar-refractivity contribution < 1.29 is 4.74 Å². The minimum Gasteiger partial charge on any atom is -0.493 e. The Bertz CT molecular complexity index is 581. The third kappa shape index (κ3) is 2.54. The molecule has 0 radical (unpaired) electrons. The minimum absolute atomic E-state index is 0.000185. The van der Waals surface area contributed by atoms with Gasteiger partial charge >= 0.3 is 0 Å². The molecule has 3 rings (SSSR count). The summed E-state index contributed by atoms with van der Waals surface area (Å²) < 4.78 is 7.41. The molecule has 2 atom stereocenters. The van der Waals surface area contributed by atoms with Crippen LogP contribution in [-0.2, 0) is 13.0 Å². The summed E-state index contributed by atoms with van der Waals surface area (Å²) in [6, 6.07) is 8.52. The molecule has 21 heavy (non-hydrogen) atoms. The summed E-state index contributed by atoms with van der Waals surface area (Å²) >= 11 is 1.87. The first-order valence-corrected chi connectivity index (χ1v) is 7.96. The van der Waals surface area contributed by atoms with Crippen LogP contribution in [0.3, 0.4) is 0 Å². The Balaban J connectivity index is 1.92. The highest BCUT2D eigenvalue weighted by molar-refractivity contribution is 8.00. The first kappa shape index (κ1) is 14.4. The van der Waals surface area contributed by atoms with E-state index in [0.29, 0.717) is 5.25 Å². The lowest BCUT2D eigenvalue weighted by atomic mass is 10.0. The lowest BCUT2D eigenvalue weighted by molar-refractivity contribution is 0.389. The van der Waals surface area contributed by atoms with Gasteiger partial charge in [-0.3, -0.25) is 16.0 Å². The third-order valence-corrected chi connectivity index (χ3v) is 5.28. The number of fused-ring (bicyclic) bond motifs is 1. The highest BCUT2D eigenvalue weighted by Gasteiger charge is 2.33. The normalized spacial score (nSPS) is 18.5. The Morgan fingerprint density at radius 3 is 3.00 bits per heavy atom. The van der Waals surface area contributed by atoms with Gasteiger partial charge in [-0.25, -0.2) is 0 Å². The Kier molecular flexibility index (Phi) is 4.19. The van der Waals surface area contributed by atoms with Crippen molar-refractivity contribution in [2.75, 3.05) is 7.11 Å². The van der Waals surface area contributed by atoms with Gasteiger partial charge in [-0.15, -0.1) is 11.8 Å². The zero-order valence-electron chi connectivity index (χ0n) is 12.2. The molecule has 1 aliphatic heterocycles. The van der Waals surface area contributed by atoms with Gasteiger partial charge in [0, 0.05) is 16.7 Å². The number of thioether (sulfide) groups is 1. The van der Waals surface area contributed by atoms with Gasteiger partial charge in [0.05, 0.1) is 25.0 Å². The Morgan fingerprint density at radius 1 is 1.52 bits per heavy atom. The van der Waals surface area contributed by atoms with E-state index in [2.05, 4.69) is 41.7 Å². The summed E-state index contributed by atoms with van der Waals surface area (Å²) in [5.74, 6) is 6.65. The van der Waals surface area contributed by atoms with Gasteiger partial charge < -0.3 is 4.74 Å². The highest BCUT2D eigenvalue weighted by atomic mass is 32.2. The quantitative estimate of drug-likeness (QED) is 0.654. The molecular weight excluding hydrogens is 284 g/mol. The van der Waals surface area contributed by atoms with Crippen LogP contribution in [0.4, 0.5) is 0 Å². The van der Waals surface area contributed by atoms with Crippen LogP contribution in [0.15, 0.2) is 35.4 Å². The molecule has 1 aliphatic rings. The number of methoxy groups -OCH3 is 1. The predicted octanol–water partition coefficient (Wildman–Crippen LogP) is 2.13. The van der Waals surface area contributed by atoms with Gasteiger partial charge in [-0.2, -0.15) is 5.10 Å². The average molecular weight is 304 g/mol. The molecule has 2 unspecified atom stereocenters. The van der Waals surface area contributed by atoms with E-state index < -0.39 is 0 Å². The fourth-order valence-corrected chi connectivity index (χ4v) is 4.25. The number of rotatable bonds is 5. The number of hydrogen-bond acceptors (Lipinski definition) is 5. The van der Waals surface area contributed by atoms with Crippen LogP contribution in [0.2, 0.25) is 0 Å². The third-order valence-electron chi connectivity index (χ3n) is 3.88. The van der Waals surface area contributed by atoms with Crippen molar-refractivity contribution in [3.63, 3.8) is 0 Å². The van der Waals surface area contributed by atoms with E-state index in [1.165, 1.54) is 10.5 Å². The predicted molar refractivity (Wildman–Crippen MR) is 84.3 cm³/mol. The largest absolute Gasteiger partial charge is 0.493 e. The van der Waals surface area contributed by atoms with Crippen molar-refractivity contribution in [3.05, 3.63) is 41.7 Å². The molecule has 0 fully saturated rings. The zero-order valence-corrected chi connectivity index (χ0v) is 13.1. The Morgan fingerprint density at radius 2 is 2.33 bits per heavy atom. The number of hydrazine groups is 1. The van der Waals surface area contributed by atoms with Gasteiger partial charge in [0.25, 0.3) is 0 Å². The first-order chi connectivity index (χ1) is 10.3. The maximum atomic E-state index is 5.87. The average Bonchev–Trinajstić information content (AvgIpc) is 3.11. The molecule has 5 nitrogen and oxygen atoms in total. The summed E-state index contributed by atoms with van der Waals surface area (Å²) in [6.07, 6.45) is 2.75. The van der Waals surface area contributed by atoms with Gasteiger partial charge in [0.15, 0.2) is 5.75 Å². The van der Waals surface area contributed by atoms with Crippen LogP contribution in [0.25, 0.3) is 0 Å². The number of hydrogen-bond donors (Lipinski definition) is 2. The van der Waals surface area contributed by atoms with Crippen molar-refractivity contribution in [3.8, 4) is 5.75 Å². The van der Waals surface area contributed by atoms with Gasteiger partial charge in [0.2, 0.25) is 0 Å². The minimum atomic E-state index is -0.000185. The maximum Gasteiger partial charge on any atom is 0.161 e. The topological polar surface area (TPSA) is 65.1 Å².